The van der Waals surface area contributed by atoms with Crippen molar-refractivity contribution in [2.75, 3.05) is 6.54 Å². The van der Waals surface area contributed by atoms with Gasteiger partial charge in [0.05, 0.1) is 11.5 Å². The first-order chi connectivity index (χ1) is 9.31. The molecule has 0 saturated carbocycles. The number of nitro benzene ring substituents is 1. The average molecular weight is 281 g/mol. The van der Waals surface area contributed by atoms with E-state index in [0.717, 1.165) is 12.1 Å². The van der Waals surface area contributed by atoms with Gasteiger partial charge < -0.3 is 15.7 Å². The van der Waals surface area contributed by atoms with Gasteiger partial charge in [-0.2, -0.15) is 0 Å². The van der Waals surface area contributed by atoms with Gasteiger partial charge in [-0.15, -0.1) is 0 Å². The zero-order valence-electron chi connectivity index (χ0n) is 11.0. The first-order valence-electron chi connectivity index (χ1n) is 5.86. The number of hydrogen-bond acceptors (Lipinski definition) is 5. The van der Waals surface area contributed by atoms with Crippen LogP contribution in [0.5, 0.6) is 5.75 Å². The summed E-state index contributed by atoms with van der Waals surface area (Å²) in [5.74, 6) is -1.55. The van der Waals surface area contributed by atoms with Crippen LogP contribution in [0.15, 0.2) is 18.2 Å². The first kappa shape index (κ1) is 15.4. The molecule has 0 aliphatic rings. The highest BCUT2D eigenvalue weighted by Crippen LogP contribution is 2.25. The van der Waals surface area contributed by atoms with Gasteiger partial charge in [-0.1, -0.05) is 0 Å². The fourth-order valence-corrected chi connectivity index (χ4v) is 1.45. The number of carbonyl (C=O) groups is 2. The summed E-state index contributed by atoms with van der Waals surface area (Å²) in [6, 6.07) is 3.17. The van der Waals surface area contributed by atoms with Crippen molar-refractivity contribution in [3.8, 4) is 5.75 Å². The Morgan fingerprint density at radius 2 is 2.05 bits per heavy atom. The van der Waals surface area contributed by atoms with Crippen LogP contribution in [0.1, 0.15) is 24.2 Å². The van der Waals surface area contributed by atoms with E-state index in [4.69, 9.17) is 0 Å². The molecule has 20 heavy (non-hydrogen) atoms. The van der Waals surface area contributed by atoms with Gasteiger partial charge in [0, 0.05) is 17.7 Å². The van der Waals surface area contributed by atoms with Crippen LogP contribution >= 0.6 is 0 Å². The molecule has 1 aromatic rings. The maximum atomic E-state index is 11.7. The van der Waals surface area contributed by atoms with Crippen molar-refractivity contribution >= 4 is 17.5 Å². The van der Waals surface area contributed by atoms with Crippen LogP contribution < -0.4 is 10.6 Å². The van der Waals surface area contributed by atoms with Crippen molar-refractivity contribution in [2.45, 2.75) is 19.9 Å². The van der Waals surface area contributed by atoms with Crippen molar-refractivity contribution in [1.82, 2.24) is 10.6 Å². The lowest BCUT2D eigenvalue weighted by Crippen LogP contribution is -2.39. The number of nitrogens with one attached hydrogen (secondary N) is 2. The third kappa shape index (κ3) is 4.23. The molecule has 0 saturated heterocycles. The largest absolute Gasteiger partial charge is 0.502 e. The molecule has 0 spiro atoms. The van der Waals surface area contributed by atoms with Gasteiger partial charge in [-0.05, 0) is 26.0 Å². The Morgan fingerprint density at radius 3 is 2.55 bits per heavy atom. The molecular formula is C12H15N3O5. The van der Waals surface area contributed by atoms with Crippen molar-refractivity contribution in [2.24, 2.45) is 0 Å². The van der Waals surface area contributed by atoms with Gasteiger partial charge >= 0.3 is 5.69 Å². The molecule has 0 radical (unpaired) electrons. The zero-order chi connectivity index (χ0) is 15.3. The molecule has 0 bridgehead atoms. The number of phenols is 1. The Morgan fingerprint density at radius 1 is 1.40 bits per heavy atom. The Hall–Kier alpha value is -2.64. The highest BCUT2D eigenvalue weighted by atomic mass is 16.6. The van der Waals surface area contributed by atoms with Crippen molar-refractivity contribution in [3.05, 3.63) is 33.9 Å². The monoisotopic (exact) mass is 281 g/mol. The lowest BCUT2D eigenvalue weighted by atomic mass is 10.2. The molecule has 0 fully saturated rings. The number of benzene rings is 1. The Labute approximate surface area is 114 Å². The van der Waals surface area contributed by atoms with E-state index >= 15 is 0 Å². The third-order valence-electron chi connectivity index (χ3n) is 2.29. The predicted molar refractivity (Wildman–Crippen MR) is 70.4 cm³/mol. The highest BCUT2D eigenvalue weighted by Gasteiger charge is 2.16. The highest BCUT2D eigenvalue weighted by molar-refractivity contribution is 5.97. The molecule has 3 N–H and O–H groups in total. The summed E-state index contributed by atoms with van der Waals surface area (Å²) in [5.41, 5.74) is -0.454. The van der Waals surface area contributed by atoms with Crippen LogP contribution in [0.4, 0.5) is 5.69 Å². The van der Waals surface area contributed by atoms with Crippen molar-refractivity contribution in [1.29, 1.82) is 0 Å². The molecule has 0 heterocycles. The molecular weight excluding hydrogens is 266 g/mol. The van der Waals surface area contributed by atoms with Gasteiger partial charge in [0.2, 0.25) is 5.91 Å². The normalized spacial score (nSPS) is 10.2. The summed E-state index contributed by atoms with van der Waals surface area (Å²) < 4.78 is 0. The fourth-order valence-electron chi connectivity index (χ4n) is 1.45. The number of carbonyl (C=O) groups excluding carboxylic acids is 2. The van der Waals surface area contributed by atoms with Gasteiger partial charge in [-0.25, -0.2) is 0 Å². The van der Waals surface area contributed by atoms with Crippen LogP contribution in [-0.4, -0.2) is 34.4 Å². The molecule has 108 valence electrons. The van der Waals surface area contributed by atoms with E-state index in [1.165, 1.54) is 6.07 Å². The summed E-state index contributed by atoms with van der Waals surface area (Å²) >= 11 is 0. The van der Waals surface area contributed by atoms with E-state index < -0.39 is 22.3 Å². The molecule has 0 aliphatic heterocycles. The number of hydrogen-bond donors (Lipinski definition) is 3. The second kappa shape index (κ2) is 6.50. The first-order valence-corrected chi connectivity index (χ1v) is 5.86. The number of nitrogens with zero attached hydrogens (tertiary/aromatic N) is 1. The minimum absolute atomic E-state index is 0.0328. The molecule has 8 nitrogen and oxygen atoms in total. The SMILES string of the molecule is CC(C)NC(=O)CNC(=O)c1ccc([N+](=O)[O-])c(O)c1. The maximum Gasteiger partial charge on any atom is 0.310 e. The minimum Gasteiger partial charge on any atom is -0.502 e. The molecule has 8 heteroatoms. The van der Waals surface area contributed by atoms with Crippen LogP contribution in [0.25, 0.3) is 0 Å². The van der Waals surface area contributed by atoms with E-state index in [0.29, 0.717) is 0 Å². The molecule has 0 unspecified atom stereocenters. The number of amides is 2. The van der Waals surface area contributed by atoms with Gasteiger partial charge in [0.1, 0.15) is 0 Å². The maximum absolute atomic E-state index is 11.7. The third-order valence-corrected chi connectivity index (χ3v) is 2.29. The molecule has 1 rings (SSSR count). The second-order valence-corrected chi connectivity index (χ2v) is 4.37. The van der Waals surface area contributed by atoms with E-state index in [2.05, 4.69) is 10.6 Å². The Kier molecular flexibility index (Phi) is 5.01. The smallest absolute Gasteiger partial charge is 0.310 e. The lowest BCUT2D eigenvalue weighted by Gasteiger charge is -2.09. The molecule has 0 aliphatic carbocycles. The summed E-state index contributed by atoms with van der Waals surface area (Å²) in [5, 5.41) is 24.9. The molecule has 1 aromatic carbocycles. The second-order valence-electron chi connectivity index (χ2n) is 4.37. The quantitative estimate of drug-likeness (QED) is 0.537. The Balaban J connectivity index is 2.67. The Bertz CT molecular complexity index is 542. The van der Waals surface area contributed by atoms with E-state index in [1.54, 1.807) is 13.8 Å². The summed E-state index contributed by atoms with van der Waals surface area (Å²) in [6.45, 7) is 3.36. The molecule has 0 atom stereocenters. The van der Waals surface area contributed by atoms with Gasteiger partial charge in [-0.3, -0.25) is 19.7 Å². The van der Waals surface area contributed by atoms with E-state index in [-0.39, 0.29) is 24.1 Å². The topological polar surface area (TPSA) is 122 Å². The number of rotatable bonds is 5. The lowest BCUT2D eigenvalue weighted by molar-refractivity contribution is -0.385. The van der Waals surface area contributed by atoms with E-state index in [1.807, 2.05) is 0 Å². The summed E-state index contributed by atoms with van der Waals surface area (Å²) in [7, 11) is 0. The molecule has 2 amide bonds. The van der Waals surface area contributed by atoms with E-state index in [9.17, 15) is 24.8 Å². The summed E-state index contributed by atoms with van der Waals surface area (Å²) in [4.78, 5) is 32.8. The molecule has 0 aromatic heterocycles. The van der Waals surface area contributed by atoms with Gasteiger partial charge in [0.15, 0.2) is 5.75 Å². The number of nitro groups is 1. The van der Waals surface area contributed by atoms with Crippen LogP contribution in [0.3, 0.4) is 0 Å². The van der Waals surface area contributed by atoms with Crippen molar-refractivity contribution < 1.29 is 19.6 Å². The number of phenolic OH excluding ortho intramolecular Hbond substituents is 1. The fraction of sp³-hybridized carbons (Fsp3) is 0.333. The average Bonchev–Trinajstić information content (AvgIpc) is 2.34. The van der Waals surface area contributed by atoms with Crippen molar-refractivity contribution in [3.63, 3.8) is 0 Å². The zero-order valence-corrected chi connectivity index (χ0v) is 11.0. The van der Waals surface area contributed by atoms with Crippen LogP contribution in [-0.2, 0) is 4.79 Å². The number of aromatic hydroxyl groups is 1. The predicted octanol–water partition coefficient (Wildman–Crippen LogP) is 0.555. The van der Waals surface area contributed by atoms with Crippen LogP contribution in [0, 0.1) is 10.1 Å². The minimum atomic E-state index is -0.757. The standard InChI is InChI=1S/C12H15N3O5/c1-7(2)14-11(17)6-13-12(18)8-3-4-9(15(19)20)10(16)5-8/h3-5,7,16H,6H2,1-2H3,(H,13,18)(H,14,17). The van der Waals surface area contributed by atoms with Crippen LogP contribution in [0.2, 0.25) is 0 Å². The summed E-state index contributed by atoms with van der Waals surface area (Å²) in [6.07, 6.45) is 0. The van der Waals surface area contributed by atoms with Gasteiger partial charge in [0.25, 0.3) is 5.91 Å².